The van der Waals surface area contributed by atoms with E-state index in [1.165, 1.54) is 0 Å². The molecule has 2 atom stereocenters. The molecular formula is C18H22N4O6. The van der Waals surface area contributed by atoms with Crippen molar-refractivity contribution in [3.05, 3.63) is 36.0 Å². The molecule has 2 aromatic rings. The van der Waals surface area contributed by atoms with Gasteiger partial charge in [-0.3, -0.25) is 14.4 Å². The minimum atomic E-state index is -1.26. The van der Waals surface area contributed by atoms with Crippen molar-refractivity contribution in [3.63, 3.8) is 0 Å². The van der Waals surface area contributed by atoms with Crippen LogP contribution in [0.1, 0.15) is 18.4 Å². The number of carboxylic acid groups (broad SMARTS) is 2. The lowest BCUT2D eigenvalue weighted by molar-refractivity contribution is -0.142. The highest BCUT2D eigenvalue weighted by atomic mass is 16.4. The molecule has 10 nitrogen and oxygen atoms in total. The lowest BCUT2D eigenvalue weighted by Crippen LogP contribution is -2.53. The molecule has 0 aliphatic heterocycles. The van der Waals surface area contributed by atoms with Gasteiger partial charge in [-0.25, -0.2) is 4.79 Å². The highest BCUT2D eigenvalue weighted by Gasteiger charge is 2.27. The van der Waals surface area contributed by atoms with E-state index >= 15 is 0 Å². The molecule has 1 aromatic heterocycles. The van der Waals surface area contributed by atoms with E-state index in [1.807, 2.05) is 24.3 Å². The van der Waals surface area contributed by atoms with E-state index < -0.39 is 35.8 Å². The number of carbonyl (C=O) groups excluding carboxylic acids is 2. The van der Waals surface area contributed by atoms with E-state index in [0.717, 1.165) is 10.9 Å². The van der Waals surface area contributed by atoms with Crippen LogP contribution in [0.15, 0.2) is 30.5 Å². The largest absolute Gasteiger partial charge is 0.481 e. The summed E-state index contributed by atoms with van der Waals surface area (Å²) in [7, 11) is 0. The molecule has 0 unspecified atom stereocenters. The third-order valence-electron chi connectivity index (χ3n) is 4.20. The van der Waals surface area contributed by atoms with Gasteiger partial charge in [-0.2, -0.15) is 0 Å². The number of carbonyl (C=O) groups is 4. The predicted octanol–water partition coefficient (Wildman–Crippen LogP) is -0.412. The molecule has 0 fully saturated rings. The summed E-state index contributed by atoms with van der Waals surface area (Å²) < 4.78 is 0. The number of benzene rings is 1. The Kier molecular flexibility index (Phi) is 7.10. The SMILES string of the molecule is NCC(=O)N[C@@H](CCC(=O)O)C(=O)N[C@@H](Cc1c[nH]c2ccccc12)C(=O)O. The van der Waals surface area contributed by atoms with Gasteiger partial charge in [0.25, 0.3) is 0 Å². The molecule has 150 valence electrons. The summed E-state index contributed by atoms with van der Waals surface area (Å²) in [5.41, 5.74) is 6.75. The van der Waals surface area contributed by atoms with Crippen molar-refractivity contribution in [3.8, 4) is 0 Å². The Morgan fingerprint density at radius 3 is 2.43 bits per heavy atom. The zero-order valence-corrected chi connectivity index (χ0v) is 15.0. The molecule has 7 N–H and O–H groups in total. The highest BCUT2D eigenvalue weighted by Crippen LogP contribution is 2.19. The minimum absolute atomic E-state index is 0.0154. The maximum absolute atomic E-state index is 12.5. The van der Waals surface area contributed by atoms with Crippen molar-refractivity contribution in [1.29, 1.82) is 0 Å². The first-order valence-electron chi connectivity index (χ1n) is 8.61. The summed E-state index contributed by atoms with van der Waals surface area (Å²) >= 11 is 0. The van der Waals surface area contributed by atoms with Gasteiger partial charge in [0, 0.05) is 29.9 Å². The molecule has 0 spiro atoms. The number of hydrogen-bond donors (Lipinski definition) is 6. The van der Waals surface area contributed by atoms with Gasteiger partial charge in [0.05, 0.1) is 6.54 Å². The summed E-state index contributed by atoms with van der Waals surface area (Å²) in [6.07, 6.45) is 1.13. The van der Waals surface area contributed by atoms with Crippen molar-refractivity contribution >= 4 is 34.7 Å². The van der Waals surface area contributed by atoms with Gasteiger partial charge in [0.2, 0.25) is 11.8 Å². The maximum atomic E-state index is 12.5. The lowest BCUT2D eigenvalue weighted by atomic mass is 10.0. The third kappa shape index (κ3) is 5.55. The Morgan fingerprint density at radius 1 is 1.07 bits per heavy atom. The zero-order valence-electron chi connectivity index (χ0n) is 15.0. The maximum Gasteiger partial charge on any atom is 0.326 e. The molecule has 0 aliphatic rings. The van der Waals surface area contributed by atoms with E-state index in [4.69, 9.17) is 10.8 Å². The Balaban J connectivity index is 2.13. The Morgan fingerprint density at radius 2 is 1.79 bits per heavy atom. The van der Waals surface area contributed by atoms with Crippen LogP contribution < -0.4 is 16.4 Å². The molecule has 2 amide bonds. The van der Waals surface area contributed by atoms with Crippen LogP contribution in [0.25, 0.3) is 10.9 Å². The van der Waals surface area contributed by atoms with Gasteiger partial charge in [0.1, 0.15) is 12.1 Å². The number of nitrogens with two attached hydrogens (primary N) is 1. The fraction of sp³-hybridized carbons (Fsp3) is 0.333. The Labute approximate surface area is 160 Å². The van der Waals surface area contributed by atoms with Crippen LogP contribution in [0.2, 0.25) is 0 Å². The van der Waals surface area contributed by atoms with Crippen molar-refractivity contribution < 1.29 is 29.4 Å². The lowest BCUT2D eigenvalue weighted by Gasteiger charge is -2.21. The molecule has 0 aliphatic carbocycles. The first kappa shape index (κ1) is 20.9. The van der Waals surface area contributed by atoms with Crippen LogP contribution in [-0.4, -0.2) is 57.6 Å². The normalized spacial score (nSPS) is 12.9. The van der Waals surface area contributed by atoms with E-state index in [0.29, 0.717) is 5.56 Å². The second-order valence-electron chi connectivity index (χ2n) is 6.22. The van der Waals surface area contributed by atoms with Crippen molar-refractivity contribution in [2.24, 2.45) is 5.73 Å². The monoisotopic (exact) mass is 390 g/mol. The van der Waals surface area contributed by atoms with Gasteiger partial charge in [-0.05, 0) is 18.1 Å². The van der Waals surface area contributed by atoms with Crippen molar-refractivity contribution in [1.82, 2.24) is 15.6 Å². The second kappa shape index (κ2) is 9.51. The van der Waals surface area contributed by atoms with Crippen LogP contribution in [-0.2, 0) is 25.6 Å². The summed E-state index contributed by atoms with van der Waals surface area (Å²) in [6, 6.07) is 4.88. The summed E-state index contributed by atoms with van der Waals surface area (Å²) in [6.45, 7) is -0.380. The standard InChI is InChI=1S/C18H22N4O6/c19-8-15(23)21-13(5-6-16(24)25)17(26)22-14(18(27)28)7-10-9-20-12-4-2-1-3-11(10)12/h1-4,9,13-14,20H,5-8,19H2,(H,21,23)(H,22,26)(H,24,25)(H,27,28)/t13-,14-/m0/s1. The third-order valence-corrected chi connectivity index (χ3v) is 4.20. The topological polar surface area (TPSA) is 175 Å². The number of nitrogens with one attached hydrogen (secondary N) is 3. The summed E-state index contributed by atoms with van der Waals surface area (Å²) in [5.74, 6) is -3.82. The number of aliphatic carboxylic acids is 2. The average molecular weight is 390 g/mol. The number of aromatic nitrogens is 1. The number of para-hydroxylation sites is 1. The second-order valence-corrected chi connectivity index (χ2v) is 6.22. The Bertz CT molecular complexity index is 878. The zero-order chi connectivity index (χ0) is 20.7. The number of hydrogen-bond acceptors (Lipinski definition) is 5. The number of amides is 2. The molecule has 1 heterocycles. The molecule has 0 radical (unpaired) electrons. The van der Waals surface area contributed by atoms with Gasteiger partial charge in [-0.15, -0.1) is 0 Å². The van der Waals surface area contributed by atoms with Gasteiger partial charge < -0.3 is 31.6 Å². The minimum Gasteiger partial charge on any atom is -0.481 e. The van der Waals surface area contributed by atoms with E-state index in [2.05, 4.69) is 15.6 Å². The highest BCUT2D eigenvalue weighted by molar-refractivity contribution is 5.91. The summed E-state index contributed by atoms with van der Waals surface area (Å²) in [4.78, 5) is 49.4. The first-order chi connectivity index (χ1) is 13.3. The van der Waals surface area contributed by atoms with Crippen molar-refractivity contribution in [2.45, 2.75) is 31.3 Å². The smallest absolute Gasteiger partial charge is 0.326 e. The molecule has 2 rings (SSSR count). The average Bonchev–Trinajstić information content (AvgIpc) is 3.07. The van der Waals surface area contributed by atoms with Crippen LogP contribution in [0, 0.1) is 0 Å². The van der Waals surface area contributed by atoms with Gasteiger partial charge >= 0.3 is 11.9 Å². The predicted molar refractivity (Wildman–Crippen MR) is 99.4 cm³/mol. The molecule has 28 heavy (non-hydrogen) atoms. The number of rotatable bonds is 10. The number of H-pyrrole nitrogens is 1. The number of fused-ring (bicyclic) bond motifs is 1. The Hall–Kier alpha value is -3.40. The van der Waals surface area contributed by atoms with Crippen LogP contribution >= 0.6 is 0 Å². The molecule has 0 saturated carbocycles. The van der Waals surface area contributed by atoms with E-state index in [1.54, 1.807) is 6.20 Å². The van der Waals surface area contributed by atoms with Gasteiger partial charge in [0.15, 0.2) is 0 Å². The molecule has 10 heteroatoms. The van der Waals surface area contributed by atoms with Gasteiger partial charge in [-0.1, -0.05) is 18.2 Å². The van der Waals surface area contributed by atoms with Crippen molar-refractivity contribution in [2.75, 3.05) is 6.54 Å². The summed E-state index contributed by atoms with van der Waals surface area (Å²) in [5, 5.41) is 23.8. The first-order valence-corrected chi connectivity index (χ1v) is 8.61. The number of carboxylic acids is 2. The fourth-order valence-electron chi connectivity index (χ4n) is 2.78. The molecular weight excluding hydrogens is 368 g/mol. The van der Waals surface area contributed by atoms with E-state index in [-0.39, 0.29) is 25.8 Å². The number of aromatic amines is 1. The van der Waals surface area contributed by atoms with E-state index in [9.17, 15) is 24.3 Å². The molecule has 0 saturated heterocycles. The molecule has 0 bridgehead atoms. The van der Waals surface area contributed by atoms with Crippen LogP contribution in [0.3, 0.4) is 0 Å². The molecule has 1 aromatic carbocycles. The quantitative estimate of drug-likeness (QED) is 0.319. The fourth-order valence-corrected chi connectivity index (χ4v) is 2.78. The van der Waals surface area contributed by atoms with Crippen LogP contribution in [0.4, 0.5) is 0 Å². The van der Waals surface area contributed by atoms with Crippen LogP contribution in [0.5, 0.6) is 0 Å².